The molecule has 3 rings (SSSR count). The number of para-hydroxylation sites is 3. The molecular weight excluding hydrogens is 387 g/mol. The highest BCUT2D eigenvalue weighted by molar-refractivity contribution is 7.49. The molecule has 0 radical (unpaired) electrons. The molecule has 0 fully saturated rings. The second-order valence-electron chi connectivity index (χ2n) is 5.33. The van der Waals surface area contributed by atoms with Gasteiger partial charge in [-0.3, -0.25) is 0 Å². The third kappa shape index (κ3) is 8.29. The average Bonchev–Trinajstić information content (AvgIpc) is 2.70. The van der Waals surface area contributed by atoms with Gasteiger partial charge in [0, 0.05) is 0 Å². The van der Waals surface area contributed by atoms with Crippen molar-refractivity contribution in [3.05, 3.63) is 103 Å². The lowest BCUT2D eigenvalue weighted by Crippen LogP contribution is -2.07. The summed E-state index contributed by atoms with van der Waals surface area (Å²) in [6.07, 6.45) is 4.00. The van der Waals surface area contributed by atoms with Crippen LogP contribution in [-0.2, 0) is 4.57 Å². The Labute approximate surface area is 171 Å². The third-order valence-electron chi connectivity index (χ3n) is 3.21. The van der Waals surface area contributed by atoms with Gasteiger partial charge in [0.05, 0.1) is 0 Å². The van der Waals surface area contributed by atoms with Crippen LogP contribution in [0.2, 0.25) is 0 Å². The van der Waals surface area contributed by atoms with Crippen LogP contribution in [0.3, 0.4) is 0 Å². The van der Waals surface area contributed by atoms with E-state index in [1.807, 2.05) is 44.2 Å². The highest BCUT2D eigenvalue weighted by Gasteiger charge is 2.33. The molecule has 3 aromatic carbocycles. The number of phosphoric ester groups is 1. The Morgan fingerprint density at radius 3 is 1.04 bits per heavy atom. The van der Waals surface area contributed by atoms with E-state index in [9.17, 15) is 4.57 Å². The molecule has 0 saturated carbocycles. The van der Waals surface area contributed by atoms with Gasteiger partial charge in [-0.1, -0.05) is 66.7 Å². The van der Waals surface area contributed by atoms with Crippen LogP contribution in [0.1, 0.15) is 13.8 Å². The maximum absolute atomic E-state index is 13.1. The molecule has 0 bridgehead atoms. The van der Waals surface area contributed by atoms with Crippen molar-refractivity contribution in [3.8, 4) is 17.2 Å². The molecule has 0 atom stereocenters. The van der Waals surface area contributed by atoms with Crippen LogP contribution in [0.5, 0.6) is 17.2 Å². The number of benzene rings is 3. The fourth-order valence-electron chi connectivity index (χ4n) is 1.89. The minimum atomic E-state index is -3.89. The smallest absolute Gasteiger partial charge is 0.386 e. The molecule has 0 aliphatic rings. The number of phosphoric acid groups is 1. The van der Waals surface area contributed by atoms with Crippen LogP contribution in [0, 0.1) is 0 Å². The summed E-state index contributed by atoms with van der Waals surface area (Å²) >= 11 is 0. The zero-order valence-electron chi connectivity index (χ0n) is 15.4. The first-order valence-corrected chi connectivity index (χ1v) is 10.0. The number of hydrogen-bond acceptors (Lipinski definition) is 4. The van der Waals surface area contributed by atoms with Gasteiger partial charge in [-0.25, -0.2) is 0 Å². The Balaban J connectivity index is 0.000000717. The third-order valence-corrected chi connectivity index (χ3v) is 4.52. The van der Waals surface area contributed by atoms with Gasteiger partial charge in [0.25, 0.3) is 0 Å². The van der Waals surface area contributed by atoms with E-state index < -0.39 is 7.82 Å². The van der Waals surface area contributed by atoms with Gasteiger partial charge in [-0.05, 0) is 61.2 Å². The second-order valence-corrected chi connectivity index (χ2v) is 6.77. The SMILES string of the molecule is CC=CC.O=P(Oc1ccccc1)(Oc1ccccc1)Oc1ccccc1.[SiH4]. The molecule has 0 aromatic heterocycles. The second kappa shape index (κ2) is 12.6. The normalized spacial score (nSPS) is 10.2. The Hall–Kier alpha value is -2.75. The molecular formula is C22H27O4PSi. The van der Waals surface area contributed by atoms with Crippen molar-refractivity contribution in [2.75, 3.05) is 0 Å². The number of rotatable bonds is 6. The summed E-state index contributed by atoms with van der Waals surface area (Å²) < 4.78 is 29.6. The first-order chi connectivity index (χ1) is 13.1. The van der Waals surface area contributed by atoms with Crippen molar-refractivity contribution in [3.63, 3.8) is 0 Å². The lowest BCUT2D eigenvalue weighted by Gasteiger charge is -2.19. The van der Waals surface area contributed by atoms with Crippen LogP contribution in [-0.4, -0.2) is 11.0 Å². The maximum atomic E-state index is 13.1. The summed E-state index contributed by atoms with van der Waals surface area (Å²) in [4.78, 5) is 0. The largest absolute Gasteiger partial charge is 0.647 e. The van der Waals surface area contributed by atoms with E-state index in [2.05, 4.69) is 0 Å². The lowest BCUT2D eigenvalue weighted by atomic mass is 10.3. The van der Waals surface area contributed by atoms with Crippen molar-refractivity contribution >= 4 is 18.8 Å². The molecule has 0 amide bonds. The van der Waals surface area contributed by atoms with Gasteiger partial charge in [-0.15, -0.1) is 0 Å². The highest BCUT2D eigenvalue weighted by Crippen LogP contribution is 2.49. The van der Waals surface area contributed by atoms with Crippen molar-refractivity contribution in [2.45, 2.75) is 13.8 Å². The van der Waals surface area contributed by atoms with Crippen LogP contribution >= 0.6 is 7.82 Å². The topological polar surface area (TPSA) is 44.8 Å². The first kappa shape index (κ1) is 23.3. The molecule has 0 spiro atoms. The fraction of sp³-hybridized carbons (Fsp3) is 0.0909. The molecule has 0 N–H and O–H groups in total. The highest BCUT2D eigenvalue weighted by atomic mass is 31.2. The van der Waals surface area contributed by atoms with Gasteiger partial charge in [0.1, 0.15) is 17.2 Å². The van der Waals surface area contributed by atoms with Crippen LogP contribution in [0.25, 0.3) is 0 Å². The Morgan fingerprint density at radius 1 is 0.571 bits per heavy atom. The molecule has 4 nitrogen and oxygen atoms in total. The van der Waals surface area contributed by atoms with Gasteiger partial charge < -0.3 is 13.6 Å². The summed E-state index contributed by atoms with van der Waals surface area (Å²) in [6, 6.07) is 26.4. The summed E-state index contributed by atoms with van der Waals surface area (Å²) in [7, 11) is -3.89. The Morgan fingerprint density at radius 2 is 0.821 bits per heavy atom. The first-order valence-electron chi connectivity index (χ1n) is 8.56. The molecule has 6 heteroatoms. The van der Waals surface area contributed by atoms with Crippen molar-refractivity contribution in [1.82, 2.24) is 0 Å². The van der Waals surface area contributed by atoms with Gasteiger partial charge in [-0.2, -0.15) is 4.57 Å². The van der Waals surface area contributed by atoms with E-state index in [4.69, 9.17) is 13.6 Å². The van der Waals surface area contributed by atoms with Crippen LogP contribution < -0.4 is 13.6 Å². The maximum Gasteiger partial charge on any atom is 0.647 e. The number of hydrogen-bond donors (Lipinski definition) is 0. The fourth-order valence-corrected chi connectivity index (χ4v) is 3.14. The average molecular weight is 415 g/mol. The lowest BCUT2D eigenvalue weighted by molar-refractivity contribution is 0.298. The van der Waals surface area contributed by atoms with E-state index in [0.717, 1.165) is 0 Å². The predicted molar refractivity (Wildman–Crippen MR) is 121 cm³/mol. The Bertz CT molecular complexity index is 743. The van der Waals surface area contributed by atoms with E-state index in [1.54, 1.807) is 72.8 Å². The summed E-state index contributed by atoms with van der Waals surface area (Å²) in [5.41, 5.74) is 0. The molecule has 0 aliphatic heterocycles. The minimum Gasteiger partial charge on any atom is -0.386 e. The van der Waals surface area contributed by atoms with Crippen molar-refractivity contribution in [2.24, 2.45) is 0 Å². The Kier molecular flexibility index (Phi) is 10.5. The summed E-state index contributed by atoms with van der Waals surface area (Å²) in [6.45, 7) is 4.00. The molecule has 3 aromatic rings. The van der Waals surface area contributed by atoms with Gasteiger partial charge in [0.15, 0.2) is 0 Å². The van der Waals surface area contributed by atoms with E-state index >= 15 is 0 Å². The summed E-state index contributed by atoms with van der Waals surface area (Å²) in [5, 5.41) is 0. The molecule has 0 unspecified atom stereocenters. The van der Waals surface area contributed by atoms with Crippen LogP contribution in [0.15, 0.2) is 103 Å². The molecule has 148 valence electrons. The van der Waals surface area contributed by atoms with E-state index in [-0.39, 0.29) is 11.0 Å². The van der Waals surface area contributed by atoms with Crippen molar-refractivity contribution in [1.29, 1.82) is 0 Å². The zero-order chi connectivity index (χ0) is 19.4. The molecule has 0 saturated heterocycles. The zero-order valence-corrected chi connectivity index (χ0v) is 16.3. The molecule has 0 aliphatic carbocycles. The standard InChI is InChI=1S/C18H15O4P.C4H8.H4Si/c19-23(20-16-10-4-1-5-11-16,21-17-12-6-2-7-13-17)22-18-14-8-3-9-15-18;1-3-4-2;/h1-15H;3-4H,1-2H3;1H4. The van der Waals surface area contributed by atoms with Crippen molar-refractivity contribution < 1.29 is 18.1 Å². The summed E-state index contributed by atoms with van der Waals surface area (Å²) in [5.74, 6) is 1.22. The van der Waals surface area contributed by atoms with E-state index in [1.165, 1.54) is 0 Å². The molecule has 0 heterocycles. The van der Waals surface area contributed by atoms with Gasteiger partial charge in [0.2, 0.25) is 0 Å². The van der Waals surface area contributed by atoms with Gasteiger partial charge >= 0.3 is 7.82 Å². The molecule has 28 heavy (non-hydrogen) atoms. The predicted octanol–water partition coefficient (Wildman–Crippen LogP) is 5.46. The van der Waals surface area contributed by atoms with Crippen LogP contribution in [0.4, 0.5) is 0 Å². The number of allylic oxidation sites excluding steroid dienone is 2. The quantitative estimate of drug-likeness (QED) is 0.305. The van der Waals surface area contributed by atoms with E-state index in [0.29, 0.717) is 17.2 Å². The monoisotopic (exact) mass is 414 g/mol. The minimum absolute atomic E-state index is 0.